The van der Waals surface area contributed by atoms with Crippen LogP contribution in [0.3, 0.4) is 0 Å². The van der Waals surface area contributed by atoms with Crippen molar-refractivity contribution in [3.05, 3.63) is 23.8 Å². The van der Waals surface area contributed by atoms with Crippen LogP contribution in [0, 0.1) is 0 Å². The van der Waals surface area contributed by atoms with Gasteiger partial charge in [-0.2, -0.15) is 0 Å². The molecule has 0 saturated carbocycles. The van der Waals surface area contributed by atoms with Gasteiger partial charge in [-0.1, -0.05) is 12.1 Å². The molecule has 1 atom stereocenters. The van der Waals surface area contributed by atoms with Crippen LogP contribution in [0.25, 0.3) is 0 Å². The lowest BCUT2D eigenvalue weighted by molar-refractivity contribution is -0.156. The average molecular weight is 458 g/mol. The molecule has 9 heteroatoms. The van der Waals surface area contributed by atoms with E-state index in [-0.39, 0.29) is 43.3 Å². The molecule has 1 unspecified atom stereocenters. The van der Waals surface area contributed by atoms with E-state index < -0.39 is 17.6 Å². The first-order valence-corrected chi connectivity index (χ1v) is 11.5. The fourth-order valence-corrected chi connectivity index (χ4v) is 4.78. The van der Waals surface area contributed by atoms with Crippen LogP contribution >= 0.6 is 0 Å². The monoisotopic (exact) mass is 457 g/mol. The predicted molar refractivity (Wildman–Crippen MR) is 120 cm³/mol. The number of fused-ring (bicyclic) bond motifs is 1. The maximum absolute atomic E-state index is 12.7. The van der Waals surface area contributed by atoms with E-state index >= 15 is 0 Å². The van der Waals surface area contributed by atoms with Crippen LogP contribution < -0.4 is 15.0 Å². The molecule has 33 heavy (non-hydrogen) atoms. The van der Waals surface area contributed by atoms with Gasteiger partial charge in [0.1, 0.15) is 17.4 Å². The molecule has 3 aliphatic rings. The van der Waals surface area contributed by atoms with Gasteiger partial charge in [0.25, 0.3) is 5.91 Å². The normalized spacial score (nSPS) is 22.5. The third-order valence-electron chi connectivity index (χ3n) is 6.21. The zero-order chi connectivity index (χ0) is 23.8. The number of esters is 1. The minimum absolute atomic E-state index is 0.140. The fourth-order valence-electron chi connectivity index (χ4n) is 4.78. The topological polar surface area (TPSA) is 105 Å². The molecule has 3 aliphatic heterocycles. The van der Waals surface area contributed by atoms with Gasteiger partial charge >= 0.3 is 5.97 Å². The molecule has 9 nitrogen and oxygen atoms in total. The molecule has 1 aromatic rings. The SMILES string of the molecule is CC(C)(C)OC(=O)CN1CCC(c2cccc3c2OCC(=O)N3C2CCC(=O)NC2=O)CC1. The molecule has 0 spiro atoms. The van der Waals surface area contributed by atoms with Gasteiger partial charge < -0.3 is 9.47 Å². The van der Waals surface area contributed by atoms with Crippen molar-refractivity contribution in [2.75, 3.05) is 31.1 Å². The summed E-state index contributed by atoms with van der Waals surface area (Å²) in [6.45, 7) is 7.21. The van der Waals surface area contributed by atoms with Crippen LogP contribution in [0.2, 0.25) is 0 Å². The van der Waals surface area contributed by atoms with Crippen molar-refractivity contribution < 1.29 is 28.7 Å². The number of imide groups is 1. The summed E-state index contributed by atoms with van der Waals surface area (Å²) in [5.41, 5.74) is 1.09. The van der Waals surface area contributed by atoms with Crippen molar-refractivity contribution in [2.45, 2.75) is 64.0 Å². The predicted octanol–water partition coefficient (Wildman–Crippen LogP) is 1.74. The van der Waals surface area contributed by atoms with E-state index in [1.165, 1.54) is 4.90 Å². The Morgan fingerprint density at radius 2 is 1.88 bits per heavy atom. The first-order chi connectivity index (χ1) is 15.6. The number of amides is 3. The van der Waals surface area contributed by atoms with Gasteiger partial charge in [-0.05, 0) is 70.7 Å². The van der Waals surface area contributed by atoms with E-state index in [0.29, 0.717) is 17.9 Å². The number of carbonyl (C=O) groups excluding carboxylic acids is 4. The Labute approximate surface area is 193 Å². The van der Waals surface area contributed by atoms with Crippen LogP contribution in [0.1, 0.15) is 57.9 Å². The number of likely N-dealkylation sites (tertiary alicyclic amines) is 1. The molecule has 3 heterocycles. The number of piperidine rings is 2. The van der Waals surface area contributed by atoms with E-state index in [2.05, 4.69) is 10.2 Å². The second-order valence-electron chi connectivity index (χ2n) is 9.85. The molecule has 0 bridgehead atoms. The maximum atomic E-state index is 12.7. The standard InChI is InChI=1S/C24H31N3O6/c1-24(2,3)33-21(30)13-26-11-9-15(10-12-26)16-5-4-6-17-22(16)32-14-20(29)27(17)18-7-8-19(28)25-23(18)31/h4-6,15,18H,7-14H2,1-3H3,(H,25,28,31). The van der Waals surface area contributed by atoms with E-state index in [1.54, 1.807) is 6.07 Å². The van der Waals surface area contributed by atoms with Crippen LogP contribution in [-0.4, -0.2) is 66.5 Å². The van der Waals surface area contributed by atoms with E-state index in [9.17, 15) is 19.2 Å². The smallest absolute Gasteiger partial charge is 0.320 e. The zero-order valence-electron chi connectivity index (χ0n) is 19.4. The highest BCUT2D eigenvalue weighted by Crippen LogP contribution is 2.43. The largest absolute Gasteiger partial charge is 0.481 e. The number of ether oxygens (including phenoxy) is 2. The number of hydrogen-bond acceptors (Lipinski definition) is 7. The summed E-state index contributed by atoms with van der Waals surface area (Å²) in [6, 6.07) is 4.95. The average Bonchev–Trinajstić information content (AvgIpc) is 2.73. The molecule has 0 aromatic heterocycles. The molecular formula is C24H31N3O6. The minimum atomic E-state index is -0.719. The molecule has 3 amide bonds. The van der Waals surface area contributed by atoms with Gasteiger partial charge in [0.2, 0.25) is 11.8 Å². The van der Waals surface area contributed by atoms with Gasteiger partial charge in [-0.25, -0.2) is 0 Å². The van der Waals surface area contributed by atoms with Crippen LogP contribution in [-0.2, 0) is 23.9 Å². The van der Waals surface area contributed by atoms with Crippen molar-refractivity contribution in [1.29, 1.82) is 0 Å². The summed E-state index contributed by atoms with van der Waals surface area (Å²) in [5, 5.41) is 2.33. The summed E-state index contributed by atoms with van der Waals surface area (Å²) in [4.78, 5) is 52.5. The van der Waals surface area contributed by atoms with Gasteiger partial charge in [0.15, 0.2) is 6.61 Å². The minimum Gasteiger partial charge on any atom is -0.481 e. The Morgan fingerprint density at radius 1 is 1.15 bits per heavy atom. The number of hydrogen-bond donors (Lipinski definition) is 1. The summed E-state index contributed by atoms with van der Waals surface area (Å²) < 4.78 is 11.3. The number of nitrogens with one attached hydrogen (secondary N) is 1. The molecule has 1 N–H and O–H groups in total. The van der Waals surface area contributed by atoms with E-state index in [4.69, 9.17) is 9.47 Å². The molecule has 178 valence electrons. The van der Waals surface area contributed by atoms with E-state index in [0.717, 1.165) is 31.5 Å². The van der Waals surface area contributed by atoms with Crippen molar-refractivity contribution in [2.24, 2.45) is 0 Å². The van der Waals surface area contributed by atoms with Crippen molar-refractivity contribution in [3.8, 4) is 5.75 Å². The second-order valence-corrected chi connectivity index (χ2v) is 9.85. The second kappa shape index (κ2) is 9.13. The van der Waals surface area contributed by atoms with Crippen LogP contribution in [0.4, 0.5) is 5.69 Å². The van der Waals surface area contributed by atoms with E-state index in [1.807, 2.05) is 32.9 Å². The molecular weight excluding hydrogens is 426 g/mol. The molecule has 0 radical (unpaired) electrons. The van der Waals surface area contributed by atoms with Crippen molar-refractivity contribution in [1.82, 2.24) is 10.2 Å². The lowest BCUT2D eigenvalue weighted by atomic mass is 9.87. The molecule has 2 saturated heterocycles. The molecule has 2 fully saturated rings. The molecule has 0 aliphatic carbocycles. The fraction of sp³-hybridized carbons (Fsp3) is 0.583. The van der Waals surface area contributed by atoms with Gasteiger partial charge in [0, 0.05) is 6.42 Å². The lowest BCUT2D eigenvalue weighted by Crippen LogP contribution is -2.56. The Bertz CT molecular complexity index is 961. The third-order valence-corrected chi connectivity index (χ3v) is 6.21. The highest BCUT2D eigenvalue weighted by atomic mass is 16.6. The first-order valence-electron chi connectivity index (χ1n) is 11.5. The Morgan fingerprint density at radius 3 is 2.55 bits per heavy atom. The number of benzene rings is 1. The van der Waals surface area contributed by atoms with Crippen LogP contribution in [0.5, 0.6) is 5.75 Å². The Hall–Kier alpha value is -2.94. The summed E-state index contributed by atoms with van der Waals surface area (Å²) >= 11 is 0. The number of anilines is 1. The first kappa shape index (κ1) is 23.2. The Kier molecular flexibility index (Phi) is 6.43. The highest BCUT2D eigenvalue weighted by molar-refractivity contribution is 6.08. The summed E-state index contributed by atoms with van der Waals surface area (Å²) in [5.74, 6) is -0.433. The summed E-state index contributed by atoms with van der Waals surface area (Å²) in [7, 11) is 0. The molecule has 1 aromatic carbocycles. The van der Waals surface area contributed by atoms with Crippen LogP contribution in [0.15, 0.2) is 18.2 Å². The maximum Gasteiger partial charge on any atom is 0.320 e. The quantitative estimate of drug-likeness (QED) is 0.542. The highest BCUT2D eigenvalue weighted by Gasteiger charge is 2.40. The van der Waals surface area contributed by atoms with Crippen molar-refractivity contribution >= 4 is 29.4 Å². The lowest BCUT2D eigenvalue weighted by Gasteiger charge is -2.38. The number of para-hydroxylation sites is 1. The summed E-state index contributed by atoms with van der Waals surface area (Å²) in [6.07, 6.45) is 2.18. The Balaban J connectivity index is 1.47. The van der Waals surface area contributed by atoms with Gasteiger partial charge in [-0.3, -0.25) is 34.3 Å². The van der Waals surface area contributed by atoms with Crippen molar-refractivity contribution in [3.63, 3.8) is 0 Å². The number of nitrogens with zero attached hydrogens (tertiary/aromatic N) is 2. The molecule has 4 rings (SSSR count). The number of carbonyl (C=O) groups is 4. The zero-order valence-corrected chi connectivity index (χ0v) is 19.4. The number of rotatable bonds is 4. The van der Waals surface area contributed by atoms with Gasteiger partial charge in [-0.15, -0.1) is 0 Å². The van der Waals surface area contributed by atoms with Gasteiger partial charge in [0.05, 0.1) is 12.2 Å². The third kappa shape index (κ3) is 5.19.